The van der Waals surface area contributed by atoms with Crippen molar-refractivity contribution in [1.29, 1.82) is 0 Å². The summed E-state index contributed by atoms with van der Waals surface area (Å²) in [6.45, 7) is 0.642. The molecule has 1 aromatic rings. The van der Waals surface area contributed by atoms with E-state index in [2.05, 4.69) is 0 Å². The molecule has 1 saturated carbocycles. The summed E-state index contributed by atoms with van der Waals surface area (Å²) in [7, 11) is 0. The number of rotatable bonds is 5. The maximum Gasteiger partial charge on any atom is 0.123 e. The van der Waals surface area contributed by atoms with Crippen LogP contribution in [0, 0.1) is 11.7 Å². The van der Waals surface area contributed by atoms with Gasteiger partial charge in [0.05, 0.1) is 11.7 Å². The first-order valence-corrected chi connectivity index (χ1v) is 8.31. The highest BCUT2D eigenvalue weighted by molar-refractivity contribution is 5.17. The molecular formula is C18H26FNO. The van der Waals surface area contributed by atoms with Gasteiger partial charge in [0.1, 0.15) is 5.82 Å². The number of hydrogen-bond donors (Lipinski definition) is 1. The number of ether oxygens (including phenoxy) is 1. The zero-order chi connectivity index (χ0) is 14.7. The van der Waals surface area contributed by atoms with Gasteiger partial charge in [0.2, 0.25) is 0 Å². The summed E-state index contributed by atoms with van der Waals surface area (Å²) in [5, 5.41) is 0. The van der Waals surface area contributed by atoms with E-state index in [9.17, 15) is 4.39 Å². The highest BCUT2D eigenvalue weighted by atomic mass is 19.1. The van der Waals surface area contributed by atoms with E-state index in [1.165, 1.54) is 44.6 Å². The Hall–Kier alpha value is -0.930. The molecule has 2 fully saturated rings. The van der Waals surface area contributed by atoms with Crippen molar-refractivity contribution < 1.29 is 9.13 Å². The van der Waals surface area contributed by atoms with Crippen LogP contribution < -0.4 is 5.73 Å². The Morgan fingerprint density at radius 3 is 2.81 bits per heavy atom. The van der Waals surface area contributed by atoms with Crippen molar-refractivity contribution in [3.05, 3.63) is 35.6 Å². The van der Waals surface area contributed by atoms with Crippen molar-refractivity contribution in [2.24, 2.45) is 11.7 Å². The molecule has 0 amide bonds. The van der Waals surface area contributed by atoms with Gasteiger partial charge in [-0.2, -0.15) is 0 Å². The molecule has 1 saturated heterocycles. The van der Waals surface area contributed by atoms with Crippen LogP contribution >= 0.6 is 0 Å². The average molecular weight is 291 g/mol. The van der Waals surface area contributed by atoms with Gasteiger partial charge in [-0.25, -0.2) is 4.39 Å². The Balaban J connectivity index is 1.55. The Labute approximate surface area is 126 Å². The van der Waals surface area contributed by atoms with E-state index >= 15 is 0 Å². The first kappa shape index (κ1) is 15.0. The molecule has 2 atom stereocenters. The maximum atomic E-state index is 13.3. The van der Waals surface area contributed by atoms with E-state index < -0.39 is 0 Å². The average Bonchev–Trinajstić information content (AvgIpc) is 3.09. The summed E-state index contributed by atoms with van der Waals surface area (Å²) in [6, 6.07) is 6.87. The first-order chi connectivity index (χ1) is 10.2. The van der Waals surface area contributed by atoms with E-state index in [1.54, 1.807) is 12.1 Å². The molecular weight excluding hydrogens is 265 g/mol. The van der Waals surface area contributed by atoms with E-state index in [0.717, 1.165) is 18.4 Å². The predicted molar refractivity (Wildman–Crippen MR) is 82.6 cm³/mol. The molecule has 3 heteroatoms. The molecule has 2 nitrogen and oxygen atoms in total. The van der Waals surface area contributed by atoms with Crippen LogP contribution in [0.1, 0.15) is 50.5 Å². The zero-order valence-corrected chi connectivity index (χ0v) is 12.7. The van der Waals surface area contributed by atoms with Gasteiger partial charge in [0.15, 0.2) is 0 Å². The van der Waals surface area contributed by atoms with Gasteiger partial charge in [-0.3, -0.25) is 0 Å². The molecule has 116 valence electrons. The second kappa shape index (κ2) is 6.45. The van der Waals surface area contributed by atoms with Gasteiger partial charge in [-0.15, -0.1) is 0 Å². The summed E-state index contributed by atoms with van der Waals surface area (Å²) in [5.41, 5.74) is 7.17. The van der Waals surface area contributed by atoms with Crippen molar-refractivity contribution in [2.75, 3.05) is 6.54 Å². The van der Waals surface area contributed by atoms with Crippen LogP contribution in [0.25, 0.3) is 0 Å². The second-order valence-electron chi connectivity index (χ2n) is 6.84. The molecule has 1 heterocycles. The van der Waals surface area contributed by atoms with Crippen molar-refractivity contribution >= 4 is 0 Å². The Morgan fingerprint density at radius 2 is 2.10 bits per heavy atom. The van der Waals surface area contributed by atoms with E-state index in [-0.39, 0.29) is 11.4 Å². The molecule has 2 aliphatic rings. The number of benzene rings is 1. The van der Waals surface area contributed by atoms with Gasteiger partial charge in [0, 0.05) is 0 Å². The van der Waals surface area contributed by atoms with Gasteiger partial charge >= 0.3 is 0 Å². The minimum atomic E-state index is -0.162. The predicted octanol–water partition coefficient (Wildman–Crippen LogP) is 3.83. The summed E-state index contributed by atoms with van der Waals surface area (Å²) in [5.74, 6) is 0.221. The molecule has 2 unspecified atom stereocenters. The van der Waals surface area contributed by atoms with Crippen molar-refractivity contribution in [3.8, 4) is 0 Å². The number of hydrogen-bond acceptors (Lipinski definition) is 2. The van der Waals surface area contributed by atoms with Crippen LogP contribution in [-0.2, 0) is 11.2 Å². The van der Waals surface area contributed by atoms with Crippen LogP contribution in [-0.4, -0.2) is 18.2 Å². The van der Waals surface area contributed by atoms with Gasteiger partial charge in [-0.05, 0) is 68.7 Å². The lowest BCUT2D eigenvalue weighted by Gasteiger charge is -2.25. The summed E-state index contributed by atoms with van der Waals surface area (Å²) >= 11 is 0. The van der Waals surface area contributed by atoms with Crippen molar-refractivity contribution in [3.63, 3.8) is 0 Å². The molecule has 1 aromatic carbocycles. The minimum Gasteiger partial charge on any atom is -0.372 e. The largest absolute Gasteiger partial charge is 0.372 e. The third-order valence-corrected chi connectivity index (χ3v) is 5.20. The zero-order valence-electron chi connectivity index (χ0n) is 12.7. The maximum absolute atomic E-state index is 13.3. The van der Waals surface area contributed by atoms with Crippen molar-refractivity contribution in [2.45, 2.75) is 63.1 Å². The topological polar surface area (TPSA) is 35.2 Å². The highest BCUT2D eigenvalue weighted by Crippen LogP contribution is 2.44. The molecule has 1 spiro atoms. The molecule has 21 heavy (non-hydrogen) atoms. The van der Waals surface area contributed by atoms with E-state index in [1.807, 2.05) is 6.07 Å². The fraction of sp³-hybridized carbons (Fsp3) is 0.667. The normalized spacial score (nSPS) is 25.5. The Morgan fingerprint density at radius 1 is 1.29 bits per heavy atom. The SMILES string of the molecule is NCC(Cc1cccc(F)c1)CC1CCC2(CCCC2)O1. The molecule has 0 bridgehead atoms. The standard InChI is InChI=1S/C18H26FNO/c19-16-5-3-4-14(11-16)10-15(13-20)12-17-6-9-18(21-17)7-1-2-8-18/h3-5,11,15,17H,1-2,6-10,12-13,20H2. The van der Waals surface area contributed by atoms with Crippen LogP contribution in [0.15, 0.2) is 24.3 Å². The second-order valence-corrected chi connectivity index (χ2v) is 6.84. The van der Waals surface area contributed by atoms with Gasteiger partial charge in [-0.1, -0.05) is 25.0 Å². The third-order valence-electron chi connectivity index (χ3n) is 5.20. The molecule has 1 aliphatic heterocycles. The van der Waals surface area contributed by atoms with Crippen LogP contribution in [0.5, 0.6) is 0 Å². The Bertz CT molecular complexity index is 470. The highest BCUT2D eigenvalue weighted by Gasteiger charge is 2.42. The summed E-state index contributed by atoms with van der Waals surface area (Å²) in [6.07, 6.45) is 9.70. The molecule has 0 aromatic heterocycles. The lowest BCUT2D eigenvalue weighted by molar-refractivity contribution is -0.0438. The molecule has 2 N–H and O–H groups in total. The number of halogens is 1. The Kier molecular flexibility index (Phi) is 4.60. The van der Waals surface area contributed by atoms with E-state index in [0.29, 0.717) is 18.6 Å². The lowest BCUT2D eigenvalue weighted by atomic mass is 9.92. The lowest BCUT2D eigenvalue weighted by Crippen LogP contribution is -2.27. The number of nitrogens with two attached hydrogens (primary N) is 1. The fourth-order valence-electron chi connectivity index (χ4n) is 4.08. The molecule has 1 aliphatic carbocycles. The van der Waals surface area contributed by atoms with Crippen molar-refractivity contribution in [1.82, 2.24) is 0 Å². The van der Waals surface area contributed by atoms with Crippen LogP contribution in [0.3, 0.4) is 0 Å². The monoisotopic (exact) mass is 291 g/mol. The van der Waals surface area contributed by atoms with Crippen LogP contribution in [0.4, 0.5) is 4.39 Å². The van der Waals surface area contributed by atoms with Gasteiger partial charge < -0.3 is 10.5 Å². The fourth-order valence-corrected chi connectivity index (χ4v) is 4.08. The quantitative estimate of drug-likeness (QED) is 0.895. The van der Waals surface area contributed by atoms with Gasteiger partial charge in [0.25, 0.3) is 0 Å². The first-order valence-electron chi connectivity index (χ1n) is 8.31. The minimum absolute atomic E-state index is 0.162. The van der Waals surface area contributed by atoms with E-state index in [4.69, 9.17) is 10.5 Å². The smallest absolute Gasteiger partial charge is 0.123 e. The summed E-state index contributed by atoms with van der Waals surface area (Å²) < 4.78 is 19.6. The molecule has 0 radical (unpaired) electrons. The molecule has 3 rings (SSSR count). The third kappa shape index (κ3) is 3.64. The van der Waals surface area contributed by atoms with Crippen LogP contribution in [0.2, 0.25) is 0 Å². The summed E-state index contributed by atoms with van der Waals surface area (Å²) in [4.78, 5) is 0.